The van der Waals surface area contributed by atoms with Crippen LogP contribution in [0, 0.1) is 5.92 Å². The van der Waals surface area contributed by atoms with Gasteiger partial charge in [0.2, 0.25) is 41.4 Å². The molecule has 0 saturated carbocycles. The molecule has 0 spiro atoms. The van der Waals surface area contributed by atoms with Crippen LogP contribution >= 0.6 is 0 Å². The largest absolute Gasteiger partial charge is 0.508 e. The summed E-state index contributed by atoms with van der Waals surface area (Å²) in [5, 5.41) is 41.8. The zero-order chi connectivity index (χ0) is 57.6. The van der Waals surface area contributed by atoms with Crippen molar-refractivity contribution in [3.63, 3.8) is 0 Å². The molecule has 1 fully saturated rings. The minimum atomic E-state index is -1.71. The summed E-state index contributed by atoms with van der Waals surface area (Å²) in [6.45, 7) is 0.435. The lowest BCUT2D eigenvalue weighted by Gasteiger charge is -2.28. The maximum Gasteiger partial charge on any atom is 0.305 e. The Balaban J connectivity index is 2.15. The molecule has 77 heavy (non-hydrogen) atoms. The number of guanidine groups is 1. The third kappa shape index (κ3) is 26.1. The highest BCUT2D eigenvalue weighted by atomic mass is 16.4. The minimum Gasteiger partial charge on any atom is -0.508 e. The number of aromatic hydroxyl groups is 1. The topological polar surface area (TPSA) is 462 Å². The second kappa shape index (κ2) is 34.8. The van der Waals surface area contributed by atoms with Gasteiger partial charge in [0.25, 0.3) is 0 Å². The number of phenolic OH excluding ortho intramolecular Hbond substituents is 1. The molecule has 0 bridgehead atoms. The number of benzene rings is 1. The average Bonchev–Trinajstić information content (AvgIpc) is 3.87. The van der Waals surface area contributed by atoms with Crippen LogP contribution in [0.1, 0.15) is 122 Å². The number of ketones is 5. The Morgan fingerprint density at radius 1 is 0.662 bits per heavy atom. The fourth-order valence-corrected chi connectivity index (χ4v) is 8.19. The number of unbranched alkanes of at least 4 members (excludes halogenated alkanes) is 1. The number of aliphatic hydroxyl groups excluding tert-OH is 1. The van der Waals surface area contributed by atoms with Crippen LogP contribution < -0.4 is 49.5 Å². The molecule has 0 aliphatic carbocycles. The van der Waals surface area contributed by atoms with E-state index in [0.717, 1.165) is 4.90 Å². The van der Waals surface area contributed by atoms with E-state index in [1.54, 1.807) is 0 Å². The Morgan fingerprint density at radius 3 is 1.66 bits per heavy atom. The van der Waals surface area contributed by atoms with Crippen molar-refractivity contribution in [3.8, 4) is 5.75 Å². The Kier molecular flexibility index (Phi) is 29.6. The lowest BCUT2D eigenvalue weighted by molar-refractivity contribution is -0.145. The molecule has 1 aliphatic rings. The summed E-state index contributed by atoms with van der Waals surface area (Å²) in [5.41, 5.74) is 22.0. The lowest BCUT2D eigenvalue weighted by Crippen LogP contribution is -2.50. The van der Waals surface area contributed by atoms with Crippen molar-refractivity contribution in [3.05, 3.63) is 29.8 Å². The number of phenols is 1. The number of hydrogen-bond acceptors (Lipinski definition) is 17. The summed E-state index contributed by atoms with van der Waals surface area (Å²) in [5.74, 6) is -11.4. The van der Waals surface area contributed by atoms with Gasteiger partial charge < -0.3 is 74.5 Å². The number of amides is 7. The highest BCUT2D eigenvalue weighted by molar-refractivity contribution is 5.98. The molecule has 0 aromatic heterocycles. The first-order valence-corrected chi connectivity index (χ1v) is 25.4. The van der Waals surface area contributed by atoms with Crippen LogP contribution in [0.25, 0.3) is 0 Å². The van der Waals surface area contributed by atoms with E-state index in [1.165, 1.54) is 31.2 Å². The van der Waals surface area contributed by atoms with Crippen LogP contribution in [0.5, 0.6) is 5.75 Å². The van der Waals surface area contributed by atoms with Gasteiger partial charge in [0.1, 0.15) is 17.6 Å². The number of nitrogens with one attached hydrogen (secondary N) is 5. The van der Waals surface area contributed by atoms with E-state index >= 15 is 0 Å². The van der Waals surface area contributed by atoms with Crippen molar-refractivity contribution < 1.29 is 77.6 Å². The van der Waals surface area contributed by atoms with Gasteiger partial charge in [0.05, 0.1) is 49.7 Å². The lowest BCUT2D eigenvalue weighted by atomic mass is 9.95. The molecular weight excluding hydrogens is 1010 g/mol. The highest BCUT2D eigenvalue weighted by Crippen LogP contribution is 2.22. The van der Waals surface area contributed by atoms with Crippen LogP contribution in [0.15, 0.2) is 29.3 Å². The van der Waals surface area contributed by atoms with Crippen LogP contribution in [0.4, 0.5) is 0 Å². The molecule has 27 nitrogen and oxygen atoms in total. The SMILES string of the molecule is CC(=O)CCC(=O)N[C@@H](CCCCN)C(=O)CCC(=O)N[C@@H](Cc1ccc(O)cc1)C(=O)CCC(=O)N[C@@H](CCCN=C(N)N)C(=O)CCC(=O)N[C@@H](CC(=O)O)C(=O)C[C@@H](CO)C(=O)N1CCC[C@H]1C(=O)NCC(N)=O. The second-order valence-electron chi connectivity index (χ2n) is 18.7. The van der Waals surface area contributed by atoms with Crippen LogP contribution in [0.3, 0.4) is 0 Å². The summed E-state index contributed by atoms with van der Waals surface area (Å²) >= 11 is 0. The molecule has 0 unspecified atom stereocenters. The molecule has 1 aliphatic heterocycles. The average molecular weight is 1090 g/mol. The normalized spacial score (nSPS) is 14.8. The van der Waals surface area contributed by atoms with Crippen molar-refractivity contribution >= 4 is 82.2 Å². The summed E-state index contributed by atoms with van der Waals surface area (Å²) in [6.07, 6.45) is -2.62. The predicted molar refractivity (Wildman–Crippen MR) is 274 cm³/mol. The first-order chi connectivity index (χ1) is 36.4. The molecule has 16 N–H and O–H groups in total. The van der Waals surface area contributed by atoms with E-state index in [9.17, 15) is 77.6 Å². The van der Waals surface area contributed by atoms with Gasteiger partial charge in [0.15, 0.2) is 29.1 Å². The van der Waals surface area contributed by atoms with Crippen molar-refractivity contribution in [2.45, 2.75) is 153 Å². The minimum absolute atomic E-state index is 0.0138. The Labute approximate surface area is 445 Å². The van der Waals surface area contributed by atoms with E-state index in [0.29, 0.717) is 31.4 Å². The summed E-state index contributed by atoms with van der Waals surface area (Å²) in [4.78, 5) is 172. The maximum absolute atomic E-state index is 13.7. The van der Waals surface area contributed by atoms with E-state index in [2.05, 4.69) is 31.6 Å². The van der Waals surface area contributed by atoms with Gasteiger partial charge >= 0.3 is 5.97 Å². The number of hydrogen-bond donors (Lipinski definition) is 12. The van der Waals surface area contributed by atoms with Crippen molar-refractivity contribution in [1.82, 2.24) is 31.5 Å². The number of nitrogens with zero attached hydrogens (tertiary/aromatic N) is 2. The van der Waals surface area contributed by atoms with Gasteiger partial charge in [-0.2, -0.15) is 0 Å². The number of aliphatic imine (C=N–C) groups is 1. The van der Waals surface area contributed by atoms with Gasteiger partial charge in [-0.15, -0.1) is 0 Å². The molecule has 6 atom stereocenters. The van der Waals surface area contributed by atoms with Gasteiger partial charge in [0, 0.05) is 70.9 Å². The van der Waals surface area contributed by atoms with E-state index in [1.807, 2.05) is 0 Å². The molecule has 27 heteroatoms. The number of carboxylic acid groups (broad SMARTS) is 1. The van der Waals surface area contributed by atoms with Gasteiger partial charge in [-0.1, -0.05) is 12.1 Å². The predicted octanol–water partition coefficient (Wildman–Crippen LogP) is -2.89. The number of carboxylic acids is 1. The molecular formula is C50H75N11O16. The van der Waals surface area contributed by atoms with Crippen LogP contribution in [0.2, 0.25) is 0 Å². The number of carbonyl (C=O) groups is 13. The monoisotopic (exact) mass is 1090 g/mol. The van der Waals surface area contributed by atoms with Crippen LogP contribution in [-0.2, 0) is 68.7 Å². The summed E-state index contributed by atoms with van der Waals surface area (Å²) in [6, 6.07) is -0.398. The Hall–Kier alpha value is -7.68. The molecule has 2 rings (SSSR count). The molecule has 1 aromatic rings. The number of aliphatic hydroxyl groups is 1. The van der Waals surface area contributed by atoms with Gasteiger partial charge in [-0.25, -0.2) is 0 Å². The molecule has 0 radical (unpaired) electrons. The number of aliphatic carboxylic acids is 1. The fraction of sp³-hybridized carbons (Fsp3) is 0.600. The third-order valence-electron chi connectivity index (χ3n) is 12.3. The summed E-state index contributed by atoms with van der Waals surface area (Å²) in [7, 11) is 0. The second-order valence-corrected chi connectivity index (χ2v) is 18.7. The number of likely N-dealkylation sites (tertiary alicyclic amines) is 1. The molecule has 1 heterocycles. The standard InChI is InChI=1S/C50H75N11O16/c1-29(63)9-17-43(70)57-33(6-2-3-21-51)38(65)14-18-45(72)59-35(24-30-10-12-32(64)13-11-30)40(67)16-20-44(71)58-34(7-4-22-55-50(53)54)39(66)15-19-46(73)60-36(26-47(74)75)41(68)25-31(28-62)49(77)61-23-5-8-37(61)48(76)56-27-42(52)69/h10-13,31,33-37,62,64H,2-9,14-28,51H2,1H3,(H2,52,69)(H,56,76)(H,57,70)(H,58,71)(H,59,72)(H,60,73)(H,74,75)(H4,53,54,55)/t31-,33-,34-,35-,36-,37-/m0/s1. The number of primary amides is 1. The quantitative estimate of drug-likeness (QED) is 0.0179. The maximum atomic E-state index is 13.7. The van der Waals surface area contributed by atoms with Crippen molar-refractivity contribution in [2.24, 2.45) is 33.8 Å². The molecule has 7 amide bonds. The smallest absolute Gasteiger partial charge is 0.305 e. The first-order valence-electron chi connectivity index (χ1n) is 25.4. The van der Waals surface area contributed by atoms with Crippen LogP contribution in [-0.4, -0.2) is 165 Å². The zero-order valence-corrected chi connectivity index (χ0v) is 43.4. The van der Waals surface area contributed by atoms with Gasteiger partial charge in [-0.3, -0.25) is 62.5 Å². The highest BCUT2D eigenvalue weighted by Gasteiger charge is 2.39. The molecule has 1 aromatic carbocycles. The summed E-state index contributed by atoms with van der Waals surface area (Å²) < 4.78 is 0. The number of nitrogens with two attached hydrogens (primary N) is 4. The zero-order valence-electron chi connectivity index (χ0n) is 43.4. The number of carbonyl (C=O) groups excluding carboxylic acids is 12. The van der Waals surface area contributed by atoms with Crippen molar-refractivity contribution in [1.29, 1.82) is 0 Å². The van der Waals surface area contributed by atoms with E-state index in [-0.39, 0.29) is 88.4 Å². The number of rotatable bonds is 39. The van der Waals surface area contributed by atoms with E-state index in [4.69, 9.17) is 22.9 Å². The van der Waals surface area contributed by atoms with Crippen molar-refractivity contribution in [2.75, 3.05) is 32.8 Å². The van der Waals surface area contributed by atoms with Gasteiger partial charge in [-0.05, 0) is 82.5 Å². The molecule has 1 saturated heterocycles. The first kappa shape index (κ1) is 65.4. The third-order valence-corrected chi connectivity index (χ3v) is 12.3. The Bertz CT molecular complexity index is 2290. The molecule has 426 valence electrons. The van der Waals surface area contributed by atoms with E-state index < -0.39 is 158 Å². The number of Topliss-reactive ketones (excluding diaryl/α,β-unsaturated/α-hetero) is 5. The Morgan fingerprint density at radius 2 is 1.17 bits per heavy atom. The fourth-order valence-electron chi connectivity index (χ4n) is 8.19.